The van der Waals surface area contributed by atoms with E-state index in [1.807, 2.05) is 67.3 Å². The van der Waals surface area contributed by atoms with Crippen LogP contribution in [-0.4, -0.2) is 56.3 Å². The lowest BCUT2D eigenvalue weighted by molar-refractivity contribution is -0.117. The number of hydrogen-bond acceptors (Lipinski definition) is 4. The smallest absolute Gasteiger partial charge is 0.243 e. The molecule has 0 spiro atoms. The maximum absolute atomic E-state index is 13.1. The van der Waals surface area contributed by atoms with Gasteiger partial charge in [0.2, 0.25) is 15.9 Å². The standard InChI is InChI=1S/C24H27N3O3S/c1-18-7-9-22(15-19(18)2)25-24(28)17-26-11-13-27(14-12-26)31(29,30)23-10-8-20-5-3-4-6-21(20)16-23/h3-10,15-16H,11-14,17H2,1-2H3,(H,25,28). The van der Waals surface area contributed by atoms with Crippen LogP contribution in [0.2, 0.25) is 0 Å². The monoisotopic (exact) mass is 437 g/mol. The van der Waals surface area contributed by atoms with Gasteiger partial charge in [-0.05, 0) is 60.0 Å². The number of sulfonamides is 1. The van der Waals surface area contributed by atoms with E-state index in [-0.39, 0.29) is 12.5 Å². The Labute approximate surface area is 183 Å². The van der Waals surface area contributed by atoms with E-state index in [1.165, 1.54) is 9.87 Å². The fraction of sp³-hybridized carbons (Fsp3) is 0.292. The van der Waals surface area contributed by atoms with Crippen molar-refractivity contribution in [3.05, 3.63) is 71.8 Å². The number of hydrogen-bond donors (Lipinski definition) is 1. The second-order valence-electron chi connectivity index (χ2n) is 8.04. The minimum Gasteiger partial charge on any atom is -0.325 e. The molecule has 1 N–H and O–H groups in total. The van der Waals surface area contributed by atoms with E-state index in [9.17, 15) is 13.2 Å². The minimum atomic E-state index is -3.56. The first kappa shape index (κ1) is 21.5. The van der Waals surface area contributed by atoms with Gasteiger partial charge in [-0.2, -0.15) is 4.31 Å². The zero-order valence-electron chi connectivity index (χ0n) is 17.8. The summed E-state index contributed by atoms with van der Waals surface area (Å²) in [5, 5.41) is 4.85. The van der Waals surface area contributed by atoms with Crippen LogP contribution in [0.15, 0.2) is 65.6 Å². The summed E-state index contributed by atoms with van der Waals surface area (Å²) in [6, 6.07) is 18.8. The predicted molar refractivity (Wildman–Crippen MR) is 124 cm³/mol. The quantitative estimate of drug-likeness (QED) is 0.664. The molecule has 3 aromatic carbocycles. The third-order valence-corrected chi connectivity index (χ3v) is 7.74. The van der Waals surface area contributed by atoms with Crippen molar-refractivity contribution in [2.75, 3.05) is 38.0 Å². The summed E-state index contributed by atoms with van der Waals surface area (Å²) in [6.07, 6.45) is 0. The van der Waals surface area contributed by atoms with Crippen molar-refractivity contribution in [3.63, 3.8) is 0 Å². The van der Waals surface area contributed by atoms with Crippen molar-refractivity contribution in [1.82, 2.24) is 9.21 Å². The van der Waals surface area contributed by atoms with Gasteiger partial charge in [-0.15, -0.1) is 0 Å². The number of rotatable bonds is 5. The van der Waals surface area contributed by atoms with Crippen LogP contribution in [0.25, 0.3) is 10.8 Å². The average molecular weight is 438 g/mol. The molecule has 0 saturated carbocycles. The normalized spacial score (nSPS) is 15.8. The Morgan fingerprint density at radius 2 is 1.58 bits per heavy atom. The van der Waals surface area contributed by atoms with Crippen LogP contribution in [0.4, 0.5) is 5.69 Å². The predicted octanol–water partition coefficient (Wildman–Crippen LogP) is 3.40. The van der Waals surface area contributed by atoms with Crippen LogP contribution < -0.4 is 5.32 Å². The van der Waals surface area contributed by atoms with Gasteiger partial charge >= 0.3 is 0 Å². The molecule has 6 nitrogen and oxygen atoms in total. The molecule has 1 aliphatic heterocycles. The van der Waals surface area contributed by atoms with Gasteiger partial charge in [0.15, 0.2) is 0 Å². The summed E-state index contributed by atoms with van der Waals surface area (Å²) < 4.78 is 27.7. The van der Waals surface area contributed by atoms with Crippen LogP contribution in [0.1, 0.15) is 11.1 Å². The van der Waals surface area contributed by atoms with E-state index in [1.54, 1.807) is 12.1 Å². The summed E-state index contributed by atoms with van der Waals surface area (Å²) in [4.78, 5) is 14.7. The molecular formula is C24H27N3O3S. The molecule has 1 saturated heterocycles. The number of piperazine rings is 1. The zero-order chi connectivity index (χ0) is 22.0. The molecule has 0 unspecified atom stereocenters. The molecular weight excluding hydrogens is 410 g/mol. The highest BCUT2D eigenvalue weighted by molar-refractivity contribution is 7.89. The Morgan fingerprint density at radius 1 is 0.871 bits per heavy atom. The van der Waals surface area contributed by atoms with Gasteiger partial charge in [0.25, 0.3) is 0 Å². The van der Waals surface area contributed by atoms with Crippen LogP contribution in [0.5, 0.6) is 0 Å². The molecule has 0 radical (unpaired) electrons. The summed E-state index contributed by atoms with van der Waals surface area (Å²) >= 11 is 0. The molecule has 7 heteroatoms. The fourth-order valence-corrected chi connectivity index (χ4v) is 5.29. The Morgan fingerprint density at radius 3 is 2.29 bits per heavy atom. The molecule has 1 fully saturated rings. The topological polar surface area (TPSA) is 69.7 Å². The molecule has 162 valence electrons. The van der Waals surface area contributed by atoms with Crippen LogP contribution in [0, 0.1) is 13.8 Å². The minimum absolute atomic E-state index is 0.0888. The summed E-state index contributed by atoms with van der Waals surface area (Å²) in [7, 11) is -3.56. The number of anilines is 1. The third kappa shape index (κ3) is 4.79. The Balaban J connectivity index is 1.36. The van der Waals surface area contributed by atoms with E-state index < -0.39 is 10.0 Å². The second-order valence-corrected chi connectivity index (χ2v) is 9.97. The van der Waals surface area contributed by atoms with Crippen LogP contribution in [0.3, 0.4) is 0 Å². The van der Waals surface area contributed by atoms with E-state index in [0.29, 0.717) is 31.1 Å². The first-order valence-electron chi connectivity index (χ1n) is 10.4. The second kappa shape index (κ2) is 8.78. The van der Waals surface area contributed by atoms with Crippen molar-refractivity contribution in [1.29, 1.82) is 0 Å². The zero-order valence-corrected chi connectivity index (χ0v) is 18.7. The van der Waals surface area contributed by atoms with Crippen molar-refractivity contribution in [2.45, 2.75) is 18.7 Å². The number of aryl methyl sites for hydroxylation is 2. The maximum Gasteiger partial charge on any atom is 0.243 e. The van der Waals surface area contributed by atoms with Crippen molar-refractivity contribution < 1.29 is 13.2 Å². The number of carbonyl (C=O) groups excluding carboxylic acids is 1. The molecule has 1 amide bonds. The lowest BCUT2D eigenvalue weighted by atomic mass is 10.1. The SMILES string of the molecule is Cc1ccc(NC(=O)CN2CCN(S(=O)(=O)c3ccc4ccccc4c3)CC2)cc1C. The summed E-state index contributed by atoms with van der Waals surface area (Å²) in [5.41, 5.74) is 3.10. The van der Waals surface area contributed by atoms with Crippen LogP contribution >= 0.6 is 0 Å². The molecule has 31 heavy (non-hydrogen) atoms. The largest absolute Gasteiger partial charge is 0.325 e. The van der Waals surface area contributed by atoms with Gasteiger partial charge in [0, 0.05) is 31.9 Å². The first-order valence-corrected chi connectivity index (χ1v) is 11.9. The third-order valence-electron chi connectivity index (χ3n) is 5.85. The molecule has 1 heterocycles. The fourth-order valence-electron chi connectivity index (χ4n) is 3.83. The molecule has 0 aliphatic carbocycles. The Bertz CT molecular complexity index is 1220. The van der Waals surface area contributed by atoms with Gasteiger partial charge in [0.05, 0.1) is 11.4 Å². The summed E-state index contributed by atoms with van der Waals surface area (Å²) in [5.74, 6) is -0.0888. The molecule has 0 aromatic heterocycles. The molecule has 0 bridgehead atoms. The number of benzene rings is 3. The van der Waals surface area contributed by atoms with E-state index in [4.69, 9.17) is 0 Å². The lowest BCUT2D eigenvalue weighted by Crippen LogP contribution is -2.50. The van der Waals surface area contributed by atoms with Gasteiger partial charge in [-0.25, -0.2) is 8.42 Å². The van der Waals surface area contributed by atoms with Crippen LogP contribution in [-0.2, 0) is 14.8 Å². The van der Waals surface area contributed by atoms with E-state index in [0.717, 1.165) is 22.0 Å². The summed E-state index contributed by atoms with van der Waals surface area (Å²) in [6.45, 7) is 6.07. The van der Waals surface area contributed by atoms with Crippen molar-refractivity contribution >= 4 is 32.4 Å². The molecule has 4 rings (SSSR count). The maximum atomic E-state index is 13.1. The highest BCUT2D eigenvalue weighted by Crippen LogP contribution is 2.23. The Kier molecular flexibility index (Phi) is 6.09. The first-order chi connectivity index (χ1) is 14.8. The Hall–Kier alpha value is -2.74. The van der Waals surface area contributed by atoms with Gasteiger partial charge < -0.3 is 5.32 Å². The number of fused-ring (bicyclic) bond motifs is 1. The highest BCUT2D eigenvalue weighted by Gasteiger charge is 2.29. The number of carbonyl (C=O) groups is 1. The molecule has 1 aliphatic rings. The average Bonchev–Trinajstić information content (AvgIpc) is 2.76. The van der Waals surface area contributed by atoms with Crippen molar-refractivity contribution in [2.24, 2.45) is 0 Å². The van der Waals surface area contributed by atoms with Gasteiger partial charge in [0.1, 0.15) is 0 Å². The number of amides is 1. The number of nitrogens with zero attached hydrogens (tertiary/aromatic N) is 2. The van der Waals surface area contributed by atoms with E-state index in [2.05, 4.69) is 5.32 Å². The van der Waals surface area contributed by atoms with Crippen molar-refractivity contribution in [3.8, 4) is 0 Å². The van der Waals surface area contributed by atoms with Gasteiger partial charge in [-0.1, -0.05) is 36.4 Å². The van der Waals surface area contributed by atoms with E-state index >= 15 is 0 Å². The highest BCUT2D eigenvalue weighted by atomic mass is 32.2. The molecule has 3 aromatic rings. The lowest BCUT2D eigenvalue weighted by Gasteiger charge is -2.33. The molecule has 0 atom stereocenters. The number of nitrogens with one attached hydrogen (secondary N) is 1. The van der Waals surface area contributed by atoms with Gasteiger partial charge in [-0.3, -0.25) is 9.69 Å².